The average Bonchev–Trinajstić information content (AvgIpc) is 2.43. The fourth-order valence-corrected chi connectivity index (χ4v) is 1.02. The van der Waals surface area contributed by atoms with Gasteiger partial charge in [-0.2, -0.15) is 0 Å². The Kier molecular flexibility index (Phi) is 15.1. The molecule has 0 aromatic carbocycles. The van der Waals surface area contributed by atoms with Gasteiger partial charge >= 0.3 is 0 Å². The second kappa shape index (κ2) is 16.0. The number of carbonyl (C=O) groups is 1. The summed E-state index contributed by atoms with van der Waals surface area (Å²) in [5.41, 5.74) is 0. The number of nitrogens with zero attached hydrogens (tertiary/aromatic N) is 1. The lowest BCUT2D eigenvalue weighted by Gasteiger charge is -2.06. The van der Waals surface area contributed by atoms with Crippen molar-refractivity contribution in [3.63, 3.8) is 0 Å². The Morgan fingerprint density at radius 3 is 1.95 bits per heavy atom. The van der Waals surface area contributed by atoms with E-state index in [4.69, 9.17) is 24.9 Å². The molecule has 0 aromatic rings. The maximum Gasteiger partial charge on any atom is 0.140 e. The third kappa shape index (κ3) is 16.9. The lowest BCUT2D eigenvalue weighted by molar-refractivity contribution is -0.115. The van der Waals surface area contributed by atoms with Crippen LogP contribution in [0.2, 0.25) is 0 Å². The quantitative estimate of drug-likeness (QED) is 0.255. The van der Waals surface area contributed by atoms with Crippen molar-refractivity contribution in [1.82, 2.24) is 0 Å². The number of ether oxygens (including phenoxy) is 3. The van der Waals surface area contributed by atoms with Crippen LogP contribution in [0.3, 0.4) is 0 Å². The molecule has 8 heteroatoms. The highest BCUT2D eigenvalue weighted by molar-refractivity contribution is 5.89. The molecule has 0 fully saturated rings. The SMILES string of the molecule is CC(=O)C/C=N/OCCOCCOCCOCCON. The summed E-state index contributed by atoms with van der Waals surface area (Å²) in [7, 11) is 0. The molecule has 0 heterocycles. The molecule has 0 rings (SSSR count). The van der Waals surface area contributed by atoms with Crippen molar-refractivity contribution >= 4 is 12.0 Å². The van der Waals surface area contributed by atoms with Gasteiger partial charge < -0.3 is 23.9 Å². The number of oxime groups is 1. The first kappa shape index (κ1) is 18.9. The Hall–Kier alpha value is -1.06. The molecule has 0 unspecified atom stereocenters. The average molecular weight is 292 g/mol. The highest BCUT2D eigenvalue weighted by Gasteiger charge is 1.92. The molecule has 0 spiro atoms. The van der Waals surface area contributed by atoms with E-state index >= 15 is 0 Å². The maximum atomic E-state index is 10.6. The third-order valence-corrected chi connectivity index (χ3v) is 1.94. The van der Waals surface area contributed by atoms with Crippen molar-refractivity contribution < 1.29 is 28.7 Å². The van der Waals surface area contributed by atoms with Gasteiger partial charge in [-0.25, -0.2) is 5.90 Å². The summed E-state index contributed by atoms with van der Waals surface area (Å²) in [6, 6.07) is 0. The van der Waals surface area contributed by atoms with E-state index in [0.717, 1.165) is 0 Å². The van der Waals surface area contributed by atoms with Gasteiger partial charge in [0.25, 0.3) is 0 Å². The van der Waals surface area contributed by atoms with Crippen LogP contribution in [0.5, 0.6) is 0 Å². The fourth-order valence-electron chi connectivity index (χ4n) is 1.02. The third-order valence-electron chi connectivity index (χ3n) is 1.94. The number of ketones is 1. The Balaban J connectivity index is 3.02. The number of nitrogens with two attached hydrogens (primary N) is 1. The van der Waals surface area contributed by atoms with E-state index < -0.39 is 0 Å². The summed E-state index contributed by atoms with van der Waals surface area (Å²) in [4.78, 5) is 19.8. The summed E-state index contributed by atoms with van der Waals surface area (Å²) in [5.74, 6) is 4.87. The second-order valence-electron chi connectivity index (χ2n) is 3.74. The number of hydrogen-bond donors (Lipinski definition) is 1. The zero-order valence-electron chi connectivity index (χ0n) is 11.9. The summed E-state index contributed by atoms with van der Waals surface area (Å²) < 4.78 is 15.6. The number of Topliss-reactive ketones (excluding diaryl/α,β-unsaturated/α-hetero) is 1. The summed E-state index contributed by atoms with van der Waals surface area (Å²) in [6.07, 6.45) is 1.72. The van der Waals surface area contributed by atoms with Crippen molar-refractivity contribution in [3.8, 4) is 0 Å². The normalized spacial score (nSPS) is 11.1. The smallest absolute Gasteiger partial charge is 0.140 e. The Labute approximate surface area is 119 Å². The molecule has 0 aromatic heterocycles. The molecule has 118 valence electrons. The van der Waals surface area contributed by atoms with Crippen molar-refractivity contribution in [2.75, 3.05) is 52.9 Å². The first-order valence-electron chi connectivity index (χ1n) is 6.45. The van der Waals surface area contributed by atoms with Gasteiger partial charge in [0.1, 0.15) is 12.4 Å². The van der Waals surface area contributed by atoms with E-state index in [-0.39, 0.29) is 12.2 Å². The lowest BCUT2D eigenvalue weighted by atomic mass is 10.3. The van der Waals surface area contributed by atoms with Gasteiger partial charge in [0.2, 0.25) is 0 Å². The molecular weight excluding hydrogens is 268 g/mol. The molecule has 20 heavy (non-hydrogen) atoms. The zero-order chi connectivity index (χ0) is 14.9. The molecular formula is C12H24N2O6. The van der Waals surface area contributed by atoms with Crippen molar-refractivity contribution in [1.29, 1.82) is 0 Å². The minimum Gasteiger partial charge on any atom is -0.394 e. The predicted molar refractivity (Wildman–Crippen MR) is 72.3 cm³/mol. The van der Waals surface area contributed by atoms with Crippen LogP contribution >= 0.6 is 0 Å². The first-order chi connectivity index (χ1) is 9.77. The highest BCUT2D eigenvalue weighted by Crippen LogP contribution is 1.84. The summed E-state index contributed by atoms with van der Waals surface area (Å²) >= 11 is 0. The first-order valence-corrected chi connectivity index (χ1v) is 6.45. The summed E-state index contributed by atoms with van der Waals surface area (Å²) in [6.45, 7) is 5.05. The summed E-state index contributed by atoms with van der Waals surface area (Å²) in [5, 5.41) is 3.60. The van der Waals surface area contributed by atoms with Gasteiger partial charge in [-0.1, -0.05) is 5.16 Å². The van der Waals surface area contributed by atoms with Gasteiger partial charge in [0, 0.05) is 6.42 Å². The maximum absolute atomic E-state index is 10.6. The van der Waals surface area contributed by atoms with E-state index in [9.17, 15) is 4.79 Å². The molecule has 0 aliphatic carbocycles. The Bertz CT molecular complexity index is 250. The van der Waals surface area contributed by atoms with Gasteiger partial charge in [-0.3, -0.25) is 4.79 Å². The van der Waals surface area contributed by atoms with Crippen LogP contribution in [-0.4, -0.2) is 64.9 Å². The van der Waals surface area contributed by atoms with Gasteiger partial charge in [0.15, 0.2) is 0 Å². The van der Waals surface area contributed by atoms with Crippen molar-refractivity contribution in [2.45, 2.75) is 13.3 Å². The molecule has 8 nitrogen and oxygen atoms in total. The monoisotopic (exact) mass is 292 g/mol. The van der Waals surface area contributed by atoms with E-state index in [1.807, 2.05) is 0 Å². The van der Waals surface area contributed by atoms with Gasteiger partial charge in [-0.15, -0.1) is 0 Å². The topological polar surface area (TPSA) is 102 Å². The van der Waals surface area contributed by atoms with E-state index in [2.05, 4.69) is 9.99 Å². The fraction of sp³-hybridized carbons (Fsp3) is 0.833. The standard InChI is InChI=1S/C12H24N2O6/c1-12(15)2-3-14-20-11-9-18-7-5-16-4-6-17-8-10-19-13/h3H,2,4-11,13H2,1H3/b14-3+. The van der Waals surface area contributed by atoms with Crippen LogP contribution in [0, 0.1) is 0 Å². The number of rotatable bonds is 15. The van der Waals surface area contributed by atoms with Crippen LogP contribution in [0.25, 0.3) is 0 Å². The van der Waals surface area contributed by atoms with Crippen LogP contribution in [0.15, 0.2) is 5.16 Å². The Morgan fingerprint density at radius 1 is 0.950 bits per heavy atom. The van der Waals surface area contributed by atoms with Gasteiger partial charge in [0.05, 0.1) is 52.5 Å². The van der Waals surface area contributed by atoms with Gasteiger partial charge in [-0.05, 0) is 6.92 Å². The van der Waals surface area contributed by atoms with Crippen LogP contribution in [-0.2, 0) is 28.7 Å². The number of carbonyl (C=O) groups excluding carboxylic acids is 1. The minimum absolute atomic E-state index is 0.0466. The van der Waals surface area contributed by atoms with Crippen LogP contribution in [0.1, 0.15) is 13.3 Å². The Morgan fingerprint density at radius 2 is 1.45 bits per heavy atom. The molecule has 0 bridgehead atoms. The van der Waals surface area contributed by atoms with Crippen LogP contribution < -0.4 is 5.90 Å². The van der Waals surface area contributed by atoms with Crippen LogP contribution in [0.4, 0.5) is 0 Å². The molecule has 0 saturated heterocycles. The molecule has 2 N–H and O–H groups in total. The molecule has 0 amide bonds. The minimum atomic E-state index is 0.0466. The largest absolute Gasteiger partial charge is 0.394 e. The van der Waals surface area contributed by atoms with E-state index in [1.54, 1.807) is 0 Å². The van der Waals surface area contributed by atoms with E-state index in [0.29, 0.717) is 52.9 Å². The van der Waals surface area contributed by atoms with E-state index in [1.165, 1.54) is 13.1 Å². The second-order valence-corrected chi connectivity index (χ2v) is 3.74. The van der Waals surface area contributed by atoms with Crippen molar-refractivity contribution in [2.24, 2.45) is 11.1 Å². The molecule has 0 atom stereocenters. The predicted octanol–water partition coefficient (Wildman–Crippen LogP) is -0.0920. The molecule has 0 saturated carbocycles. The lowest BCUT2D eigenvalue weighted by Crippen LogP contribution is -2.13. The highest BCUT2D eigenvalue weighted by atomic mass is 16.6. The molecule has 0 radical (unpaired) electrons. The van der Waals surface area contributed by atoms with Crippen molar-refractivity contribution in [3.05, 3.63) is 0 Å². The number of hydrogen-bond acceptors (Lipinski definition) is 8. The molecule has 0 aliphatic rings. The molecule has 0 aliphatic heterocycles. The zero-order valence-corrected chi connectivity index (χ0v) is 11.9.